The zero-order chi connectivity index (χ0) is 87.0. The van der Waals surface area contributed by atoms with Crippen LogP contribution in [0.2, 0.25) is 54.4 Å². The number of piperazine rings is 3. The van der Waals surface area contributed by atoms with Gasteiger partial charge in [-0.15, -0.1) is 0 Å². The van der Waals surface area contributed by atoms with Gasteiger partial charge in [-0.2, -0.15) is 0 Å². The number of amides is 3. The molecule has 0 aliphatic carbocycles. The van der Waals surface area contributed by atoms with Crippen LogP contribution in [0.1, 0.15) is 180 Å². The van der Waals surface area contributed by atoms with Gasteiger partial charge in [-0.1, -0.05) is 62.3 Å². The number of nitrogens with zero attached hydrogens (tertiary/aromatic N) is 11. The Morgan fingerprint density at radius 1 is 0.417 bits per heavy atom. The van der Waals surface area contributed by atoms with Crippen molar-refractivity contribution in [3.8, 4) is 34.7 Å². The van der Waals surface area contributed by atoms with Gasteiger partial charge in [0.05, 0.1) is 86.0 Å². The van der Waals surface area contributed by atoms with Crippen LogP contribution in [0.25, 0.3) is 17.5 Å². The number of hydrogen-bond acceptors (Lipinski definition) is 18. The molecule has 3 amide bonds. The topological polar surface area (TPSA) is 216 Å². The summed E-state index contributed by atoms with van der Waals surface area (Å²) in [5.41, 5.74) is 7.00. The molecule has 1 N–H and O–H groups in total. The fraction of sp³-hybridized carbons (Fsp3) is 0.655. The first kappa shape index (κ1) is 96.9. The first-order valence-corrected chi connectivity index (χ1v) is 50.3. The van der Waals surface area contributed by atoms with Crippen LogP contribution in [-0.2, 0) is 27.5 Å². The van der Waals surface area contributed by atoms with E-state index in [9.17, 15) is 14.4 Å². The van der Waals surface area contributed by atoms with Crippen LogP contribution >= 0.6 is 15.9 Å². The van der Waals surface area contributed by atoms with Crippen LogP contribution in [0.4, 0.5) is 25.8 Å². The zero-order valence-electron chi connectivity index (χ0n) is 77.0. The SMILES string of the molecule is CC(O[Si](C)(C)C(C)(C)C)[C@H]1CNCCN1C(=O)OC(C)(C)C.COc1cc(-n2c(C)ccc2C)ncc1Br.COc1cc(-n2c(C)ccc2C)ncc1N1CCN(C(=O)OC(C)(C)C)[C@@H]([C@@H](C)O[Si](C)(C)C(C)(C)C)C1.COc1cc(-n2c(C)ccc2C)ncc1N1CCN(C(=O)OC(C)(C)C)[C@@H]([C@H](C)O[Si](C)(C)C(C)(C)C)C1. The van der Waals surface area contributed by atoms with Gasteiger partial charge in [0, 0.05) is 117 Å². The van der Waals surface area contributed by atoms with Crippen LogP contribution in [0, 0.1) is 41.5 Å². The van der Waals surface area contributed by atoms with Crippen LogP contribution in [0.3, 0.4) is 0 Å². The molecule has 0 aromatic carbocycles. The van der Waals surface area contributed by atoms with Gasteiger partial charge in [0.15, 0.2) is 25.0 Å². The summed E-state index contributed by atoms with van der Waals surface area (Å²) in [6.07, 6.45) is 4.32. The van der Waals surface area contributed by atoms with E-state index in [2.05, 4.69) is 250 Å². The molecular weight excluding hydrogens is 1570 g/mol. The van der Waals surface area contributed by atoms with Crippen LogP contribution in [-0.4, -0.2) is 220 Å². The Bertz CT molecular complexity index is 3980. The van der Waals surface area contributed by atoms with Crippen molar-refractivity contribution in [2.24, 2.45) is 0 Å². The van der Waals surface area contributed by atoms with E-state index in [1.807, 2.05) is 108 Å². The summed E-state index contributed by atoms with van der Waals surface area (Å²) in [6, 6.07) is 18.0. The van der Waals surface area contributed by atoms with Crippen molar-refractivity contribution in [1.82, 2.24) is 48.7 Å². The average Bonchev–Trinajstić information content (AvgIpc) is 1.29. The molecule has 3 fully saturated rings. The number of hydrogen-bond donors (Lipinski definition) is 1. The summed E-state index contributed by atoms with van der Waals surface area (Å²) < 4.78 is 61.4. The molecule has 1 unspecified atom stereocenters. The standard InChI is InChI=1S/2C29H48N4O4Si.C17H36N2O3Si.C12H13BrN2O/c2*1-20-13-14-21(2)33(20)26-17-25(35-10)23(18-30-26)31-15-16-32(27(34)36-28(4,5)6)24(19-31)22(3)37-38(11,12)29(7,8)9;1-13(22-23(8,9)17(5,6)7)14-12-18-10-11-19(14)15(20)21-16(2,3)4;1-8-4-5-9(2)15(8)12-6-11(16-3)10(13)7-14-12/h2*13-14,17-18,22,24H,15-16,19H2,1-12H3;13-14,18H,10-12H2,1-9H3;4-7H,1-3H3/t22-,24+;22-,24-;13?,14-;/m011./s1. The van der Waals surface area contributed by atoms with Crippen molar-refractivity contribution in [1.29, 1.82) is 0 Å². The number of rotatable bonds is 17. The lowest BCUT2D eigenvalue weighted by molar-refractivity contribution is -0.00666. The maximum atomic E-state index is 13.3. The maximum absolute atomic E-state index is 13.3. The predicted molar refractivity (Wildman–Crippen MR) is 477 cm³/mol. The zero-order valence-corrected chi connectivity index (χ0v) is 81.5. The molecule has 644 valence electrons. The van der Waals surface area contributed by atoms with Crippen molar-refractivity contribution in [3.05, 3.63) is 112 Å². The summed E-state index contributed by atoms with van der Waals surface area (Å²) in [6.45, 7) is 75.0. The number of nitrogens with one attached hydrogen (secondary N) is 1. The van der Waals surface area contributed by atoms with Crippen molar-refractivity contribution < 1.29 is 56.1 Å². The van der Waals surface area contributed by atoms with Crippen molar-refractivity contribution in [2.75, 3.05) is 90.0 Å². The molecule has 115 heavy (non-hydrogen) atoms. The molecule has 0 bridgehead atoms. The molecule has 28 heteroatoms. The molecule has 0 spiro atoms. The van der Waals surface area contributed by atoms with Gasteiger partial charge < -0.3 is 75.4 Å². The highest BCUT2D eigenvalue weighted by molar-refractivity contribution is 9.10. The van der Waals surface area contributed by atoms with Gasteiger partial charge in [-0.25, -0.2) is 29.3 Å². The summed E-state index contributed by atoms with van der Waals surface area (Å²) in [7, 11) is -0.974. The number of halogens is 1. The Labute approximate surface area is 702 Å². The molecule has 3 aliphatic heterocycles. The average molecular weight is 1720 g/mol. The third-order valence-electron chi connectivity index (χ3n) is 22.8. The summed E-state index contributed by atoms with van der Waals surface area (Å²) in [5.74, 6) is 4.82. The van der Waals surface area contributed by atoms with E-state index in [4.69, 9.17) is 51.7 Å². The predicted octanol–water partition coefficient (Wildman–Crippen LogP) is 19.5. The summed E-state index contributed by atoms with van der Waals surface area (Å²) in [5, 5.41) is 3.65. The van der Waals surface area contributed by atoms with Gasteiger partial charge in [0.1, 0.15) is 51.5 Å². The van der Waals surface area contributed by atoms with E-state index < -0.39 is 41.8 Å². The molecule has 6 aromatic heterocycles. The van der Waals surface area contributed by atoms with E-state index in [0.29, 0.717) is 45.8 Å². The van der Waals surface area contributed by atoms with Gasteiger partial charge >= 0.3 is 18.3 Å². The van der Waals surface area contributed by atoms with E-state index in [-0.39, 0.29) is 69.8 Å². The fourth-order valence-electron chi connectivity index (χ4n) is 13.5. The van der Waals surface area contributed by atoms with Crippen LogP contribution in [0.15, 0.2) is 77.7 Å². The number of aryl methyl sites for hydroxylation is 6. The third kappa shape index (κ3) is 25.6. The lowest BCUT2D eigenvalue weighted by Crippen LogP contribution is -2.61. The van der Waals surface area contributed by atoms with Crippen molar-refractivity contribution in [2.45, 2.75) is 295 Å². The van der Waals surface area contributed by atoms with Crippen molar-refractivity contribution >= 4 is 70.5 Å². The molecule has 6 atom stereocenters. The minimum Gasteiger partial charge on any atom is -0.495 e. The third-order valence-corrected chi connectivity index (χ3v) is 37.1. The first-order chi connectivity index (χ1) is 52.8. The summed E-state index contributed by atoms with van der Waals surface area (Å²) >= 11 is 3.39. The second-order valence-electron chi connectivity index (χ2n) is 38.5. The molecule has 3 saturated heterocycles. The molecular formula is C87H145BrN12O12Si3. The quantitative estimate of drug-likeness (QED) is 0.0663. The lowest BCUT2D eigenvalue weighted by atomic mass is 10.1. The highest BCUT2D eigenvalue weighted by Crippen LogP contribution is 2.43. The minimum atomic E-state index is -2.07. The number of aromatic nitrogens is 6. The number of carbonyl (C=O) groups excluding carboxylic acids is 3. The lowest BCUT2D eigenvalue weighted by Gasteiger charge is -2.47. The second kappa shape index (κ2) is 38.4. The Balaban J connectivity index is 0.000000250. The monoisotopic (exact) mass is 1710 g/mol. The van der Waals surface area contributed by atoms with E-state index >= 15 is 0 Å². The number of carbonyl (C=O) groups is 3. The number of anilines is 2. The Morgan fingerprint density at radius 3 is 0.965 bits per heavy atom. The maximum Gasteiger partial charge on any atom is 0.410 e. The van der Waals surface area contributed by atoms with E-state index in [0.717, 1.165) is 97.8 Å². The normalized spacial score (nSPS) is 17.7. The van der Waals surface area contributed by atoms with Crippen molar-refractivity contribution in [3.63, 3.8) is 0 Å². The Morgan fingerprint density at radius 2 is 0.687 bits per heavy atom. The smallest absolute Gasteiger partial charge is 0.410 e. The van der Waals surface area contributed by atoms with E-state index in [1.54, 1.807) is 27.5 Å². The largest absolute Gasteiger partial charge is 0.495 e. The molecule has 3 aliphatic rings. The van der Waals surface area contributed by atoms with E-state index in [1.165, 1.54) is 0 Å². The Kier molecular flexibility index (Phi) is 32.4. The minimum absolute atomic E-state index is 0.00715. The van der Waals surface area contributed by atoms with Gasteiger partial charge in [0.2, 0.25) is 0 Å². The molecule has 0 radical (unpaired) electrons. The first-order valence-electron chi connectivity index (χ1n) is 40.7. The van der Waals surface area contributed by atoms with Crippen LogP contribution in [0.5, 0.6) is 17.2 Å². The highest BCUT2D eigenvalue weighted by Gasteiger charge is 2.47. The van der Waals surface area contributed by atoms with Crippen LogP contribution < -0.4 is 29.3 Å². The van der Waals surface area contributed by atoms with Gasteiger partial charge in [-0.05, 0) is 231 Å². The fourth-order valence-corrected chi connectivity index (χ4v) is 18.2. The van der Waals surface area contributed by atoms with Gasteiger partial charge in [0.25, 0.3) is 0 Å². The molecule has 9 heterocycles. The number of pyridine rings is 3. The molecule has 0 saturated carbocycles. The number of ether oxygens (including phenoxy) is 6. The molecule has 24 nitrogen and oxygen atoms in total. The van der Waals surface area contributed by atoms with Gasteiger partial charge in [-0.3, -0.25) is 9.80 Å². The molecule has 9 rings (SSSR count). The number of methoxy groups -OCH3 is 3. The summed E-state index contributed by atoms with van der Waals surface area (Å²) in [4.78, 5) is 63.1. The highest BCUT2D eigenvalue weighted by atomic mass is 79.9. The Hall–Kier alpha value is -6.93. The molecule has 6 aromatic rings. The second-order valence-corrected chi connectivity index (χ2v) is 53.7.